The molecule has 0 aromatic carbocycles. The van der Waals surface area contributed by atoms with Gasteiger partial charge in [0.1, 0.15) is 0 Å². The van der Waals surface area contributed by atoms with Crippen molar-refractivity contribution in [2.24, 2.45) is 0 Å². The van der Waals surface area contributed by atoms with Crippen molar-refractivity contribution in [3.63, 3.8) is 0 Å². The van der Waals surface area contributed by atoms with Crippen molar-refractivity contribution < 1.29 is 31.7 Å². The van der Waals surface area contributed by atoms with Gasteiger partial charge in [-0.25, -0.2) is 0 Å². The van der Waals surface area contributed by atoms with Crippen LogP contribution in [0.25, 0.3) is 0 Å². The van der Waals surface area contributed by atoms with E-state index in [1.807, 2.05) is 0 Å². The normalized spacial score (nSPS) is 14.9. The predicted molar refractivity (Wildman–Crippen MR) is 82.4 cm³/mol. The summed E-state index contributed by atoms with van der Waals surface area (Å²) in [5.74, 6) is 0. The van der Waals surface area contributed by atoms with Crippen molar-refractivity contribution in [1.29, 1.82) is 0 Å². The minimum atomic E-state index is -5.15. The Balaban J connectivity index is 0.00000441. The van der Waals surface area contributed by atoms with E-state index >= 15 is 0 Å². The second-order valence-corrected chi connectivity index (χ2v) is 8.27. The quantitative estimate of drug-likeness (QED) is 0.402. The summed E-state index contributed by atoms with van der Waals surface area (Å²) in [5, 5.41) is 10.4. The molecule has 0 amide bonds. The molecule has 1 unspecified atom stereocenters. The standard InChI is InChI=1S/C11H18NO7PS.Li.H/c1-3-18-20(14,19-4-2)11(13,21(15,16)17)8-10-6-5-7-12-9-10;;/h5-7,9,13H,3-4,8H2,1-2H3,(H,15,16,17);;. The van der Waals surface area contributed by atoms with Gasteiger partial charge in [-0.1, -0.05) is 6.07 Å². The molecule has 0 saturated carbocycles. The number of hydrogen-bond acceptors (Lipinski definition) is 7. The Kier molecular flexibility index (Phi) is 8.48. The van der Waals surface area contributed by atoms with Crippen molar-refractivity contribution in [1.82, 2.24) is 4.98 Å². The third-order valence-electron chi connectivity index (χ3n) is 2.60. The molecule has 8 nitrogen and oxygen atoms in total. The van der Waals surface area contributed by atoms with E-state index in [2.05, 4.69) is 4.98 Å². The molecular weight excluding hydrogens is 328 g/mol. The van der Waals surface area contributed by atoms with Crippen LogP contribution < -0.4 is 0 Å². The van der Waals surface area contributed by atoms with Gasteiger partial charge in [0.2, 0.25) is 0 Å². The Hall–Kier alpha value is -0.233. The van der Waals surface area contributed by atoms with Crippen molar-refractivity contribution in [3.8, 4) is 0 Å². The van der Waals surface area contributed by atoms with E-state index in [0.29, 0.717) is 0 Å². The van der Waals surface area contributed by atoms with Gasteiger partial charge in [0, 0.05) is 18.8 Å². The van der Waals surface area contributed by atoms with Crippen molar-refractivity contribution >= 4 is 36.6 Å². The van der Waals surface area contributed by atoms with Crippen LogP contribution in [0.2, 0.25) is 0 Å². The van der Waals surface area contributed by atoms with E-state index in [4.69, 9.17) is 9.05 Å². The third kappa shape index (κ3) is 4.63. The van der Waals surface area contributed by atoms with Crippen LogP contribution in [0.15, 0.2) is 24.5 Å². The van der Waals surface area contributed by atoms with Crippen molar-refractivity contribution in [3.05, 3.63) is 30.1 Å². The fraction of sp³-hybridized carbons (Fsp3) is 0.545. The Morgan fingerprint density at radius 2 is 1.86 bits per heavy atom. The van der Waals surface area contributed by atoms with Crippen LogP contribution in [0.4, 0.5) is 0 Å². The average Bonchev–Trinajstić information content (AvgIpc) is 2.39. The maximum atomic E-state index is 12.6. The van der Waals surface area contributed by atoms with E-state index in [9.17, 15) is 22.6 Å². The van der Waals surface area contributed by atoms with Crippen LogP contribution >= 0.6 is 7.60 Å². The number of aromatic nitrogens is 1. The molecule has 0 aliphatic heterocycles. The zero-order chi connectivity index (χ0) is 16.1. The van der Waals surface area contributed by atoms with Gasteiger partial charge >= 0.3 is 36.6 Å². The number of hydrogen-bond donors (Lipinski definition) is 2. The fourth-order valence-corrected chi connectivity index (χ4v) is 5.01. The Bertz CT molecular complexity index is 602. The first-order chi connectivity index (χ1) is 9.70. The molecule has 2 N–H and O–H groups in total. The summed E-state index contributed by atoms with van der Waals surface area (Å²) in [6, 6.07) is 2.97. The minimum absolute atomic E-state index is 0. The second-order valence-electron chi connectivity index (χ2n) is 4.09. The summed E-state index contributed by atoms with van der Waals surface area (Å²) in [5.41, 5.74) is 0.247. The van der Waals surface area contributed by atoms with Gasteiger partial charge in [-0.05, 0) is 25.5 Å². The summed E-state index contributed by atoms with van der Waals surface area (Å²) in [6.07, 6.45) is 2.04. The third-order valence-corrected chi connectivity index (χ3v) is 7.14. The molecule has 22 heavy (non-hydrogen) atoms. The van der Waals surface area contributed by atoms with Crippen LogP contribution in [0.1, 0.15) is 19.4 Å². The van der Waals surface area contributed by atoms with Gasteiger partial charge in [0.25, 0.3) is 4.67 Å². The zero-order valence-corrected chi connectivity index (χ0v) is 13.4. The van der Waals surface area contributed by atoms with Gasteiger partial charge in [0.15, 0.2) is 0 Å². The molecule has 0 fully saturated rings. The molecule has 0 spiro atoms. The molecule has 1 aromatic heterocycles. The van der Waals surface area contributed by atoms with Gasteiger partial charge in [-0.3, -0.25) is 14.1 Å². The van der Waals surface area contributed by atoms with Crippen LogP contribution in [0.5, 0.6) is 0 Å². The second kappa shape index (κ2) is 8.57. The molecule has 1 rings (SSSR count). The summed E-state index contributed by atoms with van der Waals surface area (Å²) < 4.78 is 51.8. The van der Waals surface area contributed by atoms with Gasteiger partial charge in [-0.15, -0.1) is 0 Å². The molecule has 0 radical (unpaired) electrons. The Labute approximate surface area is 141 Å². The van der Waals surface area contributed by atoms with E-state index in [1.165, 1.54) is 38.4 Å². The first kappa shape index (κ1) is 21.8. The summed E-state index contributed by atoms with van der Waals surface area (Å²) >= 11 is 0. The average molecular weight is 347 g/mol. The van der Waals surface area contributed by atoms with Crippen LogP contribution in [0.3, 0.4) is 0 Å². The van der Waals surface area contributed by atoms with E-state index in [1.54, 1.807) is 0 Å². The van der Waals surface area contributed by atoms with E-state index in [0.717, 1.165) is 0 Å². The predicted octanol–water partition coefficient (Wildman–Crippen LogP) is 0.776. The van der Waals surface area contributed by atoms with Gasteiger partial charge < -0.3 is 14.2 Å². The van der Waals surface area contributed by atoms with E-state index in [-0.39, 0.29) is 37.6 Å². The number of pyridine rings is 1. The monoisotopic (exact) mass is 347 g/mol. The Morgan fingerprint density at radius 3 is 2.23 bits per heavy atom. The van der Waals surface area contributed by atoms with Gasteiger partial charge in [0.05, 0.1) is 13.2 Å². The number of rotatable bonds is 8. The van der Waals surface area contributed by atoms with Gasteiger partial charge in [-0.2, -0.15) is 8.42 Å². The van der Waals surface area contributed by atoms with Crippen LogP contribution in [-0.2, 0) is 30.2 Å². The molecule has 1 heterocycles. The molecule has 1 aromatic rings. The summed E-state index contributed by atoms with van der Waals surface area (Å²) in [6.45, 7) is 2.59. The fourth-order valence-electron chi connectivity index (χ4n) is 1.68. The van der Waals surface area contributed by atoms with Crippen LogP contribution in [0, 0.1) is 0 Å². The topological polar surface area (TPSA) is 123 Å². The molecule has 1 atom stereocenters. The number of nitrogens with zero attached hydrogens (tertiary/aromatic N) is 1. The van der Waals surface area contributed by atoms with E-state index < -0.39 is 28.8 Å². The molecule has 0 aliphatic rings. The molecule has 122 valence electrons. The molecule has 0 bridgehead atoms. The molecule has 11 heteroatoms. The number of aliphatic hydroxyl groups is 1. The first-order valence-electron chi connectivity index (χ1n) is 6.17. The first-order valence-corrected chi connectivity index (χ1v) is 9.16. The summed E-state index contributed by atoms with van der Waals surface area (Å²) in [4.78, 5) is 3.77. The molecule has 0 saturated heterocycles. The summed E-state index contributed by atoms with van der Waals surface area (Å²) in [7, 11) is -9.69. The van der Waals surface area contributed by atoms with Crippen LogP contribution in [-0.4, -0.2) is 59.8 Å². The SMILES string of the molecule is CCOP(=O)(OCC)C(O)(Cc1cccnc1)S(=O)(=O)O.[LiH]. The zero-order valence-electron chi connectivity index (χ0n) is 11.7. The molecular formula is C11H19LiNO7PS. The Morgan fingerprint density at radius 1 is 1.32 bits per heavy atom. The van der Waals surface area contributed by atoms with Crippen molar-refractivity contribution in [2.75, 3.05) is 13.2 Å². The molecule has 0 aliphatic carbocycles. The van der Waals surface area contributed by atoms with Crippen molar-refractivity contribution in [2.45, 2.75) is 24.9 Å². The maximum absolute atomic E-state index is 12.6.